The number of benzene rings is 2. The van der Waals surface area contributed by atoms with Gasteiger partial charge in [-0.05, 0) is 102 Å². The van der Waals surface area contributed by atoms with Gasteiger partial charge in [-0.15, -0.1) is 0 Å². The molecule has 0 saturated carbocycles. The van der Waals surface area contributed by atoms with Crippen molar-refractivity contribution in [1.82, 2.24) is 39.4 Å². The van der Waals surface area contributed by atoms with Crippen LogP contribution in [0.5, 0.6) is 0 Å². The third kappa shape index (κ3) is 10.4. The Hall–Kier alpha value is -6.26. The summed E-state index contributed by atoms with van der Waals surface area (Å²) in [7, 11) is 0. The number of carboxylic acid groups (broad SMARTS) is 1. The molecule has 2 aromatic carbocycles. The zero-order chi connectivity index (χ0) is 44.2. The smallest absolute Gasteiger partial charge is 0.408 e. The van der Waals surface area contributed by atoms with Crippen LogP contribution in [0.1, 0.15) is 63.8 Å². The number of aromatic nitrogens is 6. The normalized spacial score (nSPS) is 14.7. The minimum absolute atomic E-state index is 0.342. The van der Waals surface area contributed by atoms with Crippen LogP contribution in [-0.4, -0.2) is 115 Å². The van der Waals surface area contributed by atoms with E-state index in [2.05, 4.69) is 37.4 Å². The Balaban J connectivity index is 0.000000186. The van der Waals surface area contributed by atoms with Gasteiger partial charge in [0.25, 0.3) is 0 Å². The molecule has 8 rings (SSSR count). The highest BCUT2D eigenvalue weighted by Gasteiger charge is 2.27. The van der Waals surface area contributed by atoms with Crippen LogP contribution in [-0.2, 0) is 27.3 Å². The first-order valence-corrected chi connectivity index (χ1v) is 21.1. The second-order valence-corrected chi connectivity index (χ2v) is 17.6. The molecule has 16 nitrogen and oxygen atoms in total. The zero-order valence-corrected chi connectivity index (χ0v) is 37.0. The molecule has 6 aromatic rings. The molecule has 0 unspecified atom stereocenters. The average Bonchev–Trinajstić information content (AvgIpc) is 3.92. The third-order valence-electron chi connectivity index (χ3n) is 10.8. The number of hydrogen-bond donors (Lipinski definition) is 2. The summed E-state index contributed by atoms with van der Waals surface area (Å²) in [6.07, 6.45) is 6.15. The van der Waals surface area contributed by atoms with Crippen molar-refractivity contribution in [2.75, 3.05) is 62.4 Å². The van der Waals surface area contributed by atoms with Crippen LogP contribution in [0.15, 0.2) is 73.3 Å². The van der Waals surface area contributed by atoms with Crippen molar-refractivity contribution < 1.29 is 28.9 Å². The predicted octanol–water partition coefficient (Wildman–Crippen LogP) is 7.39. The molecule has 2 aliphatic heterocycles. The quantitative estimate of drug-likeness (QED) is 0.156. The van der Waals surface area contributed by atoms with Crippen LogP contribution in [0.4, 0.5) is 21.2 Å². The van der Waals surface area contributed by atoms with Crippen LogP contribution < -0.4 is 15.1 Å². The average molecular weight is 847 g/mol. The molecule has 62 heavy (non-hydrogen) atoms. The molecule has 2 N–H and O–H groups in total. The Morgan fingerprint density at radius 3 is 1.61 bits per heavy atom. The van der Waals surface area contributed by atoms with Gasteiger partial charge in [0.2, 0.25) is 0 Å². The van der Waals surface area contributed by atoms with Crippen molar-refractivity contribution in [3.05, 3.63) is 95.6 Å². The highest BCUT2D eigenvalue weighted by Crippen LogP contribution is 2.30. The second kappa shape index (κ2) is 18.4. The molecule has 2 amide bonds. The maximum Gasteiger partial charge on any atom is 0.408 e. The Labute approximate surface area is 362 Å². The van der Waals surface area contributed by atoms with E-state index in [1.54, 1.807) is 12.4 Å². The number of rotatable bonds is 8. The molecule has 16 heteroatoms. The maximum absolute atomic E-state index is 12.0. The first kappa shape index (κ1) is 43.8. The number of morpholine rings is 2. The summed E-state index contributed by atoms with van der Waals surface area (Å²) in [4.78, 5) is 39.6. The number of carbonyl (C=O) groups is 2. The topological polar surface area (TPSA) is 164 Å². The fourth-order valence-electron chi connectivity index (χ4n) is 7.45. The molecular weight excluding hydrogens is 789 g/mol. The maximum atomic E-state index is 12.0. The van der Waals surface area contributed by atoms with Gasteiger partial charge in [0.15, 0.2) is 0 Å². The van der Waals surface area contributed by atoms with E-state index in [1.165, 1.54) is 4.90 Å². The number of ether oxygens (including phenoxy) is 3. The number of amides is 2. The lowest BCUT2D eigenvalue weighted by atomic mass is 10.00. The van der Waals surface area contributed by atoms with Gasteiger partial charge >= 0.3 is 12.2 Å². The molecule has 0 bridgehead atoms. The van der Waals surface area contributed by atoms with Crippen LogP contribution in [0.3, 0.4) is 0 Å². The lowest BCUT2D eigenvalue weighted by Crippen LogP contribution is -2.44. The molecule has 0 radical (unpaired) electrons. The zero-order valence-electron chi connectivity index (χ0n) is 37.0. The van der Waals surface area contributed by atoms with Gasteiger partial charge in [-0.3, -0.25) is 4.90 Å². The van der Waals surface area contributed by atoms with E-state index in [0.29, 0.717) is 39.5 Å². The lowest BCUT2D eigenvalue weighted by molar-refractivity contribution is 0.0523. The fourth-order valence-corrected chi connectivity index (χ4v) is 7.45. The Kier molecular flexibility index (Phi) is 13.0. The largest absolute Gasteiger partial charge is 0.465 e. The van der Waals surface area contributed by atoms with Crippen LogP contribution in [0.2, 0.25) is 0 Å². The predicted molar refractivity (Wildman–Crippen MR) is 239 cm³/mol. The van der Waals surface area contributed by atoms with Crippen LogP contribution in [0.25, 0.3) is 33.5 Å². The molecule has 2 fully saturated rings. The lowest BCUT2D eigenvalue weighted by Gasteiger charge is -2.33. The summed E-state index contributed by atoms with van der Waals surface area (Å²) in [5, 5.41) is 21.3. The van der Waals surface area contributed by atoms with E-state index < -0.39 is 23.3 Å². The first-order valence-electron chi connectivity index (χ1n) is 21.1. The number of fused-ring (bicyclic) bond motifs is 2. The van der Waals surface area contributed by atoms with Crippen molar-refractivity contribution in [2.45, 2.75) is 79.6 Å². The number of alkyl carbamates (subject to hydrolysis) is 1. The van der Waals surface area contributed by atoms with Gasteiger partial charge < -0.3 is 34.4 Å². The monoisotopic (exact) mass is 846 g/mol. The van der Waals surface area contributed by atoms with Crippen molar-refractivity contribution >= 4 is 34.9 Å². The van der Waals surface area contributed by atoms with Crippen molar-refractivity contribution in [2.24, 2.45) is 0 Å². The van der Waals surface area contributed by atoms with E-state index in [0.717, 1.165) is 93.6 Å². The van der Waals surface area contributed by atoms with E-state index in [4.69, 9.17) is 24.2 Å². The summed E-state index contributed by atoms with van der Waals surface area (Å²) in [5.41, 5.74) is 8.76. The minimum Gasteiger partial charge on any atom is -0.465 e. The van der Waals surface area contributed by atoms with Crippen molar-refractivity contribution in [1.29, 1.82) is 0 Å². The van der Waals surface area contributed by atoms with Gasteiger partial charge in [-0.1, -0.05) is 24.3 Å². The Bertz CT molecular complexity index is 2520. The molecular formula is C46H58N10O6. The molecule has 6 heterocycles. The van der Waals surface area contributed by atoms with E-state index in [9.17, 15) is 14.7 Å². The van der Waals surface area contributed by atoms with Gasteiger partial charge in [0.05, 0.1) is 73.6 Å². The molecule has 0 atom stereocenters. The molecule has 0 aliphatic carbocycles. The molecule has 2 saturated heterocycles. The molecule has 2 aliphatic rings. The standard InChI is InChI=1S/2C23H29N5O3/c1-16-13-17(5-6-18(16)14-24-22(29)31-23(2,3)4)21-19-7-8-25-28(19)15-20(26-21)27-9-11-30-12-10-27;1-16-13-17(5-6-18(16)14-27(22(29)30)23(2,3)4)21-19-7-8-24-28(19)15-20(25-21)26-9-11-31-12-10-26/h5-8,13,15H,9-12,14H2,1-4H3,(H,24,29);5-8,13,15H,9-12,14H2,1-4H3,(H,29,30). The van der Waals surface area contributed by atoms with E-state index in [-0.39, 0.29) is 0 Å². The van der Waals surface area contributed by atoms with Gasteiger partial charge in [-0.2, -0.15) is 10.2 Å². The summed E-state index contributed by atoms with van der Waals surface area (Å²) in [5.74, 6) is 1.77. The van der Waals surface area contributed by atoms with Gasteiger partial charge in [-0.25, -0.2) is 28.6 Å². The number of aryl methyl sites for hydroxylation is 2. The summed E-state index contributed by atoms with van der Waals surface area (Å²) in [6.45, 7) is 22.1. The Morgan fingerprint density at radius 1 is 0.726 bits per heavy atom. The molecule has 0 spiro atoms. The van der Waals surface area contributed by atoms with Gasteiger partial charge in [0, 0.05) is 55.9 Å². The summed E-state index contributed by atoms with van der Waals surface area (Å²) < 4.78 is 20.0. The number of carbonyl (C=O) groups excluding carboxylic acids is 1. The summed E-state index contributed by atoms with van der Waals surface area (Å²) >= 11 is 0. The van der Waals surface area contributed by atoms with Crippen molar-refractivity contribution in [3.8, 4) is 22.5 Å². The highest BCUT2D eigenvalue weighted by atomic mass is 16.6. The van der Waals surface area contributed by atoms with E-state index in [1.807, 2.05) is 113 Å². The fraction of sp³-hybridized carbons (Fsp3) is 0.435. The first-order chi connectivity index (χ1) is 29.5. The van der Waals surface area contributed by atoms with Crippen LogP contribution in [0, 0.1) is 13.8 Å². The number of nitrogens with one attached hydrogen (secondary N) is 1. The van der Waals surface area contributed by atoms with Crippen molar-refractivity contribution in [3.63, 3.8) is 0 Å². The SMILES string of the molecule is Cc1cc(-c2nc(N3CCOCC3)cn3nccc23)ccc1CN(C(=O)O)C(C)(C)C.Cc1cc(-c2nc(N3CCOCC3)cn3nccc23)ccc1CNC(=O)OC(C)(C)C. The molecule has 328 valence electrons. The minimum atomic E-state index is -0.920. The number of nitrogens with zero attached hydrogens (tertiary/aromatic N) is 9. The number of hydrogen-bond acceptors (Lipinski definition) is 11. The van der Waals surface area contributed by atoms with Gasteiger partial charge in [0.1, 0.15) is 17.2 Å². The summed E-state index contributed by atoms with van der Waals surface area (Å²) in [6, 6.07) is 16.2. The second-order valence-electron chi connectivity index (χ2n) is 17.6. The molecule has 4 aromatic heterocycles. The van der Waals surface area contributed by atoms with E-state index >= 15 is 0 Å². The Morgan fingerprint density at radius 2 is 1.19 bits per heavy atom. The number of anilines is 2. The highest BCUT2D eigenvalue weighted by molar-refractivity contribution is 5.80. The van der Waals surface area contributed by atoms with Crippen LogP contribution >= 0.6 is 0 Å². The third-order valence-corrected chi connectivity index (χ3v) is 10.8.